The Morgan fingerprint density at radius 2 is 1.81 bits per heavy atom. The van der Waals surface area contributed by atoms with Gasteiger partial charge in [0.2, 0.25) is 11.8 Å². The van der Waals surface area contributed by atoms with Crippen molar-refractivity contribution in [2.24, 2.45) is 11.8 Å². The summed E-state index contributed by atoms with van der Waals surface area (Å²) in [4.78, 5) is 33.6. The van der Waals surface area contributed by atoms with Crippen LogP contribution in [0, 0.1) is 11.8 Å². The molecule has 2 aliphatic rings. The van der Waals surface area contributed by atoms with Gasteiger partial charge in [0.15, 0.2) is 5.65 Å². The summed E-state index contributed by atoms with van der Waals surface area (Å²) in [5.41, 5.74) is 0.824. The molecule has 1 saturated carbocycles. The maximum absolute atomic E-state index is 13.1. The number of carbonyl (C=O) groups is 2. The second-order valence-corrected chi connectivity index (χ2v) is 7.35. The van der Waals surface area contributed by atoms with Crippen molar-refractivity contribution in [1.29, 1.82) is 0 Å². The summed E-state index contributed by atoms with van der Waals surface area (Å²) in [5, 5.41) is 7.32. The van der Waals surface area contributed by atoms with E-state index in [9.17, 15) is 9.59 Å². The lowest BCUT2D eigenvalue weighted by atomic mass is 9.77. The van der Waals surface area contributed by atoms with Crippen LogP contribution in [0.25, 0.3) is 5.65 Å². The standard InChI is InChI=1S/C19H26N6O2/c1-20-18(26)14-4-2-3-5-15(14)19(27)24-12-10-23(11-13-24)17-7-6-16-21-8-9-25(16)22-17/h6-9,14-15H,2-5,10-13H2,1H3,(H,20,26)/t14-,15+/m1/s1. The van der Waals surface area contributed by atoms with Gasteiger partial charge >= 0.3 is 0 Å². The minimum absolute atomic E-state index is 0.00419. The van der Waals surface area contributed by atoms with Crippen molar-refractivity contribution in [3.05, 3.63) is 24.5 Å². The number of anilines is 1. The minimum Gasteiger partial charge on any atom is -0.359 e. The van der Waals surface area contributed by atoms with Gasteiger partial charge in [-0.2, -0.15) is 0 Å². The number of hydrogen-bond acceptors (Lipinski definition) is 5. The molecule has 1 aliphatic carbocycles. The number of fused-ring (bicyclic) bond motifs is 1. The Hall–Kier alpha value is -2.64. The molecule has 1 aliphatic heterocycles. The van der Waals surface area contributed by atoms with Gasteiger partial charge in [-0.25, -0.2) is 9.50 Å². The van der Waals surface area contributed by atoms with Crippen LogP contribution in [-0.2, 0) is 9.59 Å². The molecule has 0 radical (unpaired) electrons. The Bertz CT molecular complexity index is 826. The van der Waals surface area contributed by atoms with Crippen LogP contribution in [0.2, 0.25) is 0 Å². The van der Waals surface area contributed by atoms with Crippen LogP contribution in [0.4, 0.5) is 5.82 Å². The second kappa shape index (κ2) is 7.54. The number of piperazine rings is 1. The number of nitrogens with one attached hydrogen (secondary N) is 1. The molecule has 8 heteroatoms. The molecular formula is C19H26N6O2. The molecule has 2 fully saturated rings. The number of hydrogen-bond donors (Lipinski definition) is 1. The van der Waals surface area contributed by atoms with Crippen molar-refractivity contribution < 1.29 is 9.59 Å². The van der Waals surface area contributed by atoms with Crippen LogP contribution >= 0.6 is 0 Å². The van der Waals surface area contributed by atoms with Gasteiger partial charge < -0.3 is 15.1 Å². The van der Waals surface area contributed by atoms with Crippen molar-refractivity contribution in [2.45, 2.75) is 25.7 Å². The number of aromatic nitrogens is 3. The lowest BCUT2D eigenvalue weighted by Crippen LogP contribution is -2.52. The Balaban J connectivity index is 1.40. The number of amides is 2. The van der Waals surface area contributed by atoms with Gasteiger partial charge in [-0.1, -0.05) is 12.8 Å². The maximum atomic E-state index is 13.1. The molecule has 3 heterocycles. The summed E-state index contributed by atoms with van der Waals surface area (Å²) in [6, 6.07) is 3.93. The Morgan fingerprint density at radius 1 is 1.07 bits per heavy atom. The van der Waals surface area contributed by atoms with Crippen LogP contribution in [0.3, 0.4) is 0 Å². The third kappa shape index (κ3) is 3.48. The van der Waals surface area contributed by atoms with Gasteiger partial charge in [-0.3, -0.25) is 9.59 Å². The average Bonchev–Trinajstić information content (AvgIpc) is 3.20. The molecule has 2 aromatic rings. The molecule has 0 bridgehead atoms. The molecule has 2 aromatic heterocycles. The number of carbonyl (C=O) groups excluding carboxylic acids is 2. The lowest BCUT2D eigenvalue weighted by Gasteiger charge is -2.39. The highest BCUT2D eigenvalue weighted by molar-refractivity contribution is 5.88. The largest absolute Gasteiger partial charge is 0.359 e. The Kier molecular flexibility index (Phi) is 4.96. The first-order chi connectivity index (χ1) is 13.2. The van der Waals surface area contributed by atoms with Crippen molar-refractivity contribution in [3.63, 3.8) is 0 Å². The van der Waals surface area contributed by atoms with E-state index in [1.54, 1.807) is 17.8 Å². The average molecular weight is 370 g/mol. The van der Waals surface area contributed by atoms with E-state index in [1.807, 2.05) is 23.2 Å². The summed E-state index contributed by atoms with van der Waals surface area (Å²) in [7, 11) is 1.65. The predicted octanol–water partition coefficient (Wildman–Crippen LogP) is 0.930. The van der Waals surface area contributed by atoms with Gasteiger partial charge in [0.1, 0.15) is 5.82 Å². The fourth-order valence-electron chi connectivity index (χ4n) is 4.29. The summed E-state index contributed by atoms with van der Waals surface area (Å²) in [5.74, 6) is 0.685. The number of nitrogens with zero attached hydrogens (tertiary/aromatic N) is 5. The number of rotatable bonds is 3. The van der Waals surface area contributed by atoms with Gasteiger partial charge in [-0.15, -0.1) is 5.10 Å². The predicted molar refractivity (Wildman–Crippen MR) is 101 cm³/mol. The van der Waals surface area contributed by atoms with Crippen LogP contribution in [0.15, 0.2) is 24.5 Å². The SMILES string of the molecule is CNC(=O)[C@@H]1CCCC[C@@H]1C(=O)N1CCN(c2ccc3nccn3n2)CC1. The fraction of sp³-hybridized carbons (Fsp3) is 0.579. The van der Waals surface area contributed by atoms with E-state index in [0.29, 0.717) is 13.1 Å². The fourth-order valence-corrected chi connectivity index (χ4v) is 4.29. The maximum Gasteiger partial charge on any atom is 0.226 e. The van der Waals surface area contributed by atoms with E-state index >= 15 is 0 Å². The molecule has 27 heavy (non-hydrogen) atoms. The van der Waals surface area contributed by atoms with E-state index in [2.05, 4.69) is 20.3 Å². The first-order valence-electron chi connectivity index (χ1n) is 9.73. The second-order valence-electron chi connectivity index (χ2n) is 7.35. The topological polar surface area (TPSA) is 82.8 Å². The molecular weight excluding hydrogens is 344 g/mol. The van der Waals surface area contributed by atoms with Crippen LogP contribution in [0.5, 0.6) is 0 Å². The third-order valence-corrected chi connectivity index (χ3v) is 5.82. The molecule has 8 nitrogen and oxygen atoms in total. The molecule has 1 N–H and O–H groups in total. The van der Waals surface area contributed by atoms with Crippen molar-refractivity contribution in [3.8, 4) is 0 Å². The zero-order valence-electron chi connectivity index (χ0n) is 15.7. The highest BCUT2D eigenvalue weighted by Crippen LogP contribution is 2.32. The summed E-state index contributed by atoms with van der Waals surface area (Å²) in [6.07, 6.45) is 7.24. The van der Waals surface area contributed by atoms with Crippen LogP contribution in [0.1, 0.15) is 25.7 Å². The number of imidazole rings is 1. The summed E-state index contributed by atoms with van der Waals surface area (Å²) >= 11 is 0. The first kappa shape index (κ1) is 17.8. The quantitative estimate of drug-likeness (QED) is 0.869. The molecule has 1 saturated heterocycles. The normalized spacial score (nSPS) is 23.4. The van der Waals surface area contributed by atoms with E-state index in [4.69, 9.17) is 0 Å². The smallest absolute Gasteiger partial charge is 0.226 e. The molecule has 0 unspecified atom stereocenters. The molecule has 4 rings (SSSR count). The highest BCUT2D eigenvalue weighted by atomic mass is 16.2. The van der Waals surface area contributed by atoms with Crippen molar-refractivity contribution in [1.82, 2.24) is 24.8 Å². The van der Waals surface area contributed by atoms with Gasteiger partial charge in [0.05, 0.1) is 0 Å². The van der Waals surface area contributed by atoms with Crippen molar-refractivity contribution >= 4 is 23.3 Å². The zero-order chi connectivity index (χ0) is 18.8. The van der Waals surface area contributed by atoms with Gasteiger partial charge in [0, 0.05) is 57.5 Å². The molecule has 144 valence electrons. The van der Waals surface area contributed by atoms with Crippen LogP contribution in [-0.4, -0.2) is 64.5 Å². The van der Waals surface area contributed by atoms with Crippen LogP contribution < -0.4 is 10.2 Å². The van der Waals surface area contributed by atoms with E-state index in [0.717, 1.165) is 50.2 Å². The Labute approximate surface area is 158 Å². The van der Waals surface area contributed by atoms with Gasteiger partial charge in [-0.05, 0) is 25.0 Å². The molecule has 0 aromatic carbocycles. The summed E-state index contributed by atoms with van der Waals surface area (Å²) < 4.78 is 1.77. The van der Waals surface area contributed by atoms with E-state index < -0.39 is 0 Å². The van der Waals surface area contributed by atoms with Crippen molar-refractivity contribution in [2.75, 3.05) is 38.1 Å². The summed E-state index contributed by atoms with van der Waals surface area (Å²) in [6.45, 7) is 2.82. The highest BCUT2D eigenvalue weighted by Gasteiger charge is 2.38. The molecule has 2 amide bonds. The molecule has 2 atom stereocenters. The first-order valence-corrected chi connectivity index (χ1v) is 9.73. The zero-order valence-corrected chi connectivity index (χ0v) is 15.7. The van der Waals surface area contributed by atoms with E-state index in [-0.39, 0.29) is 23.7 Å². The van der Waals surface area contributed by atoms with E-state index in [1.165, 1.54) is 0 Å². The monoisotopic (exact) mass is 370 g/mol. The lowest BCUT2D eigenvalue weighted by molar-refractivity contribution is -0.143. The molecule has 0 spiro atoms. The third-order valence-electron chi connectivity index (χ3n) is 5.82. The van der Waals surface area contributed by atoms with Gasteiger partial charge in [0.25, 0.3) is 0 Å². The Morgan fingerprint density at radius 3 is 2.56 bits per heavy atom. The minimum atomic E-state index is -0.181.